The van der Waals surface area contributed by atoms with Crippen molar-refractivity contribution in [2.75, 3.05) is 12.4 Å². The molecule has 4 nitrogen and oxygen atoms in total. The molecule has 2 aromatic heterocycles. The van der Waals surface area contributed by atoms with Crippen molar-refractivity contribution in [2.24, 2.45) is 0 Å². The second kappa shape index (κ2) is 8.02. The molecule has 24 heavy (non-hydrogen) atoms. The van der Waals surface area contributed by atoms with Gasteiger partial charge in [0.2, 0.25) is 5.13 Å². The highest BCUT2D eigenvalue weighted by atomic mass is 32.1. The van der Waals surface area contributed by atoms with Gasteiger partial charge < -0.3 is 5.32 Å². The van der Waals surface area contributed by atoms with Crippen molar-refractivity contribution in [3.63, 3.8) is 0 Å². The van der Waals surface area contributed by atoms with Crippen molar-refractivity contribution in [3.05, 3.63) is 56.2 Å². The van der Waals surface area contributed by atoms with Crippen LogP contribution in [0.3, 0.4) is 0 Å². The van der Waals surface area contributed by atoms with Gasteiger partial charge in [-0.05, 0) is 65.8 Å². The summed E-state index contributed by atoms with van der Waals surface area (Å²) in [6.45, 7) is 3.73. The lowest BCUT2D eigenvalue weighted by Crippen LogP contribution is -2.22. The Kier molecular flexibility index (Phi) is 5.78. The van der Waals surface area contributed by atoms with E-state index in [2.05, 4.69) is 70.4 Å². The van der Waals surface area contributed by atoms with Crippen molar-refractivity contribution in [2.45, 2.75) is 26.6 Å². The summed E-state index contributed by atoms with van der Waals surface area (Å²) in [7, 11) is 2.08. The summed E-state index contributed by atoms with van der Waals surface area (Å²) in [6.07, 6.45) is 1.05. The number of aromatic nitrogens is 2. The molecule has 2 heterocycles. The van der Waals surface area contributed by atoms with Crippen molar-refractivity contribution in [3.8, 4) is 0 Å². The average molecular weight is 377 g/mol. The maximum Gasteiger partial charge on any atom is 0.209 e. The number of hydrogen-bond donors (Lipinski definition) is 1. The molecule has 0 aliphatic rings. The van der Waals surface area contributed by atoms with Crippen LogP contribution in [0.15, 0.2) is 41.1 Å². The number of rotatable bonds is 7. The summed E-state index contributed by atoms with van der Waals surface area (Å²) in [5, 5.41) is 13.0. The van der Waals surface area contributed by atoms with Gasteiger partial charge >= 0.3 is 0 Å². The molecule has 7 heteroatoms. The molecular formula is C17H20N4S3. The number of thiophene rings is 1. The van der Waals surface area contributed by atoms with Crippen molar-refractivity contribution >= 4 is 45.7 Å². The topological polar surface area (TPSA) is 33.1 Å². The SMILES string of the molecule is CCc1ccc(Nc2nn(CN(C)Cc3ccsc3)c(=S)s2)cc1. The molecule has 1 aromatic carbocycles. The van der Waals surface area contributed by atoms with Crippen LogP contribution in [0.5, 0.6) is 0 Å². The van der Waals surface area contributed by atoms with E-state index in [1.807, 2.05) is 4.68 Å². The number of aryl methyl sites for hydroxylation is 1. The normalized spacial score (nSPS) is 11.1. The zero-order chi connectivity index (χ0) is 16.9. The lowest BCUT2D eigenvalue weighted by molar-refractivity contribution is 0.246. The van der Waals surface area contributed by atoms with Crippen LogP contribution in [0, 0.1) is 3.95 Å². The van der Waals surface area contributed by atoms with Crippen molar-refractivity contribution < 1.29 is 0 Å². The molecule has 0 amide bonds. The lowest BCUT2D eigenvalue weighted by atomic mass is 10.1. The zero-order valence-electron chi connectivity index (χ0n) is 13.7. The van der Waals surface area contributed by atoms with Gasteiger partial charge in [-0.3, -0.25) is 4.90 Å². The first kappa shape index (κ1) is 17.3. The lowest BCUT2D eigenvalue weighted by Gasteiger charge is -2.15. The molecule has 3 rings (SSSR count). The Bertz CT molecular complexity index is 818. The van der Waals surface area contributed by atoms with Gasteiger partial charge in [-0.15, -0.1) is 5.10 Å². The van der Waals surface area contributed by atoms with Crippen LogP contribution in [0.4, 0.5) is 10.8 Å². The van der Waals surface area contributed by atoms with E-state index in [1.54, 1.807) is 11.3 Å². The third kappa shape index (κ3) is 4.51. The van der Waals surface area contributed by atoms with Gasteiger partial charge in [-0.2, -0.15) is 11.3 Å². The monoisotopic (exact) mass is 376 g/mol. The summed E-state index contributed by atoms with van der Waals surface area (Å²) in [4.78, 5) is 2.21. The van der Waals surface area contributed by atoms with Gasteiger partial charge in [0.25, 0.3) is 0 Å². The summed E-state index contributed by atoms with van der Waals surface area (Å²) in [5.74, 6) is 0. The molecule has 1 N–H and O–H groups in total. The summed E-state index contributed by atoms with van der Waals surface area (Å²) >= 11 is 8.67. The number of benzene rings is 1. The van der Waals surface area contributed by atoms with E-state index in [4.69, 9.17) is 12.2 Å². The molecule has 0 aliphatic heterocycles. The first-order valence-electron chi connectivity index (χ1n) is 7.77. The Morgan fingerprint density at radius 1 is 1.21 bits per heavy atom. The van der Waals surface area contributed by atoms with Crippen LogP contribution in [-0.4, -0.2) is 21.7 Å². The molecule has 0 spiro atoms. The molecule has 0 saturated carbocycles. The molecule has 0 saturated heterocycles. The largest absolute Gasteiger partial charge is 0.330 e. The second-order valence-corrected chi connectivity index (χ2v) is 8.04. The highest BCUT2D eigenvalue weighted by Gasteiger charge is 2.07. The minimum atomic E-state index is 0.682. The number of hydrogen-bond acceptors (Lipinski definition) is 6. The standard InChI is InChI=1S/C17H20N4S3/c1-3-13-4-6-15(7-5-13)18-16-19-21(17(22)24-16)12-20(2)10-14-8-9-23-11-14/h4-9,11H,3,10,12H2,1-2H3,(H,18,19). The maximum absolute atomic E-state index is 5.45. The van der Waals surface area contributed by atoms with E-state index < -0.39 is 0 Å². The third-order valence-electron chi connectivity index (χ3n) is 3.63. The first-order chi connectivity index (χ1) is 11.6. The van der Waals surface area contributed by atoms with Crippen molar-refractivity contribution in [1.82, 2.24) is 14.7 Å². The third-order valence-corrected chi connectivity index (χ3v) is 5.58. The van der Waals surface area contributed by atoms with Gasteiger partial charge in [-0.1, -0.05) is 30.4 Å². The van der Waals surface area contributed by atoms with Crippen molar-refractivity contribution in [1.29, 1.82) is 0 Å². The molecule has 0 radical (unpaired) electrons. The minimum absolute atomic E-state index is 0.682. The Labute approximate surface area is 155 Å². The molecule has 0 atom stereocenters. The molecule has 3 aromatic rings. The van der Waals surface area contributed by atoms with Crippen LogP contribution >= 0.6 is 34.9 Å². The van der Waals surface area contributed by atoms with Crippen LogP contribution in [0.25, 0.3) is 0 Å². The fourth-order valence-corrected chi connectivity index (χ4v) is 4.04. The van der Waals surface area contributed by atoms with E-state index in [9.17, 15) is 0 Å². The van der Waals surface area contributed by atoms with E-state index >= 15 is 0 Å². The van der Waals surface area contributed by atoms with E-state index in [1.165, 1.54) is 22.5 Å². The Hall–Kier alpha value is -1.54. The molecule has 0 bridgehead atoms. The number of anilines is 2. The van der Waals surface area contributed by atoms with E-state index in [-0.39, 0.29) is 0 Å². The Morgan fingerprint density at radius 3 is 2.67 bits per heavy atom. The van der Waals surface area contributed by atoms with Gasteiger partial charge in [0.1, 0.15) is 0 Å². The predicted molar refractivity (Wildman–Crippen MR) is 106 cm³/mol. The zero-order valence-corrected chi connectivity index (χ0v) is 16.2. The van der Waals surface area contributed by atoms with Gasteiger partial charge in [0, 0.05) is 12.2 Å². The number of nitrogens with one attached hydrogen (secondary N) is 1. The minimum Gasteiger partial charge on any atom is -0.330 e. The molecule has 0 aliphatic carbocycles. The smallest absolute Gasteiger partial charge is 0.209 e. The summed E-state index contributed by atoms with van der Waals surface area (Å²) in [6, 6.07) is 10.6. The average Bonchev–Trinajstić information content (AvgIpc) is 3.18. The fraction of sp³-hybridized carbons (Fsp3) is 0.294. The fourth-order valence-electron chi connectivity index (χ4n) is 2.37. The highest BCUT2D eigenvalue weighted by molar-refractivity contribution is 7.73. The van der Waals surface area contributed by atoms with E-state index in [0.717, 1.165) is 27.7 Å². The number of nitrogens with zero attached hydrogens (tertiary/aromatic N) is 3. The highest BCUT2D eigenvalue weighted by Crippen LogP contribution is 2.21. The van der Waals surface area contributed by atoms with Crippen LogP contribution < -0.4 is 5.32 Å². The predicted octanol–water partition coefficient (Wildman–Crippen LogP) is 5.13. The van der Waals surface area contributed by atoms with E-state index in [0.29, 0.717) is 6.67 Å². The second-order valence-electron chi connectivity index (χ2n) is 5.64. The van der Waals surface area contributed by atoms with Crippen LogP contribution in [-0.2, 0) is 19.6 Å². The van der Waals surface area contributed by atoms with Crippen LogP contribution in [0.2, 0.25) is 0 Å². The summed E-state index contributed by atoms with van der Waals surface area (Å²) < 4.78 is 2.65. The van der Waals surface area contributed by atoms with Gasteiger partial charge in [-0.25, -0.2) is 4.68 Å². The molecule has 126 valence electrons. The van der Waals surface area contributed by atoms with Gasteiger partial charge in [0.15, 0.2) is 3.95 Å². The summed E-state index contributed by atoms with van der Waals surface area (Å²) in [5.41, 5.74) is 3.68. The molecule has 0 unspecified atom stereocenters. The van der Waals surface area contributed by atoms with Gasteiger partial charge in [0.05, 0.1) is 6.67 Å². The Morgan fingerprint density at radius 2 is 2.00 bits per heavy atom. The maximum atomic E-state index is 5.45. The quantitative estimate of drug-likeness (QED) is 0.580. The molecule has 0 fully saturated rings. The van der Waals surface area contributed by atoms with Crippen LogP contribution in [0.1, 0.15) is 18.1 Å². The Balaban J connectivity index is 1.64. The molecular weight excluding hydrogens is 356 g/mol. The first-order valence-corrected chi connectivity index (χ1v) is 9.94.